The minimum atomic E-state index is -0.969. The van der Waals surface area contributed by atoms with Crippen LogP contribution in [0.1, 0.15) is 24.0 Å². The zero-order valence-corrected chi connectivity index (χ0v) is 8.25. The Labute approximate surface area is 86.5 Å². The zero-order chi connectivity index (χ0) is 10.7. The maximum absolute atomic E-state index is 10.7. The number of aliphatic carboxylic acids is 1. The van der Waals surface area contributed by atoms with E-state index in [9.17, 15) is 4.79 Å². The molecule has 4 heteroatoms. The van der Waals surface area contributed by atoms with E-state index in [0.29, 0.717) is 16.1 Å². The maximum Gasteiger partial charge on any atom is 0.310 e. The van der Waals surface area contributed by atoms with E-state index in [1.165, 1.54) is 19.1 Å². The molecule has 0 saturated carbocycles. The summed E-state index contributed by atoms with van der Waals surface area (Å²) in [6.45, 7) is 1.52. The highest BCUT2D eigenvalue weighted by Crippen LogP contribution is 2.23. The molecule has 0 amide bonds. The fraction of sp³-hybridized carbons (Fsp3) is 0.200. The van der Waals surface area contributed by atoms with Crippen molar-refractivity contribution in [1.29, 1.82) is 5.26 Å². The van der Waals surface area contributed by atoms with E-state index in [-0.39, 0.29) is 0 Å². The molecule has 14 heavy (non-hydrogen) atoms. The molecule has 1 rings (SSSR count). The summed E-state index contributed by atoms with van der Waals surface area (Å²) in [6, 6.07) is 6.54. The van der Waals surface area contributed by atoms with Gasteiger partial charge in [-0.15, -0.1) is 0 Å². The summed E-state index contributed by atoms with van der Waals surface area (Å²) in [5.41, 5.74) is 0.803. The van der Waals surface area contributed by atoms with Crippen LogP contribution in [0.4, 0.5) is 0 Å². The normalized spacial score (nSPS) is 11.8. The highest BCUT2D eigenvalue weighted by Gasteiger charge is 2.17. The van der Waals surface area contributed by atoms with Gasteiger partial charge in [0.05, 0.1) is 17.6 Å². The van der Waals surface area contributed by atoms with Crippen molar-refractivity contribution in [3.63, 3.8) is 0 Å². The molecule has 0 saturated heterocycles. The fourth-order valence-corrected chi connectivity index (χ4v) is 1.31. The lowest BCUT2D eigenvalue weighted by Crippen LogP contribution is -2.09. The summed E-state index contributed by atoms with van der Waals surface area (Å²) in [6.07, 6.45) is 0. The summed E-state index contributed by atoms with van der Waals surface area (Å²) in [4.78, 5) is 10.7. The summed E-state index contributed by atoms with van der Waals surface area (Å²) < 4.78 is 0. The van der Waals surface area contributed by atoms with Gasteiger partial charge in [-0.2, -0.15) is 5.26 Å². The third kappa shape index (κ3) is 2.04. The zero-order valence-electron chi connectivity index (χ0n) is 7.49. The van der Waals surface area contributed by atoms with Gasteiger partial charge >= 0.3 is 5.97 Å². The number of rotatable bonds is 2. The predicted molar refractivity (Wildman–Crippen MR) is 52.2 cm³/mol. The second-order valence-corrected chi connectivity index (χ2v) is 3.34. The molecule has 0 radical (unpaired) electrons. The van der Waals surface area contributed by atoms with E-state index in [4.69, 9.17) is 22.0 Å². The van der Waals surface area contributed by atoms with Gasteiger partial charge in [-0.05, 0) is 30.7 Å². The molecule has 0 aliphatic rings. The lowest BCUT2D eigenvalue weighted by molar-refractivity contribution is -0.138. The first-order valence-corrected chi connectivity index (χ1v) is 4.36. The Morgan fingerprint density at radius 1 is 1.64 bits per heavy atom. The number of hydrogen-bond acceptors (Lipinski definition) is 2. The van der Waals surface area contributed by atoms with Crippen LogP contribution >= 0.6 is 11.6 Å². The maximum atomic E-state index is 10.7. The Balaban J connectivity index is 3.25. The molecule has 1 N–H and O–H groups in total. The Morgan fingerprint density at radius 2 is 2.29 bits per heavy atom. The largest absolute Gasteiger partial charge is 0.481 e. The third-order valence-corrected chi connectivity index (χ3v) is 2.21. The van der Waals surface area contributed by atoms with Crippen LogP contribution in [0.2, 0.25) is 5.02 Å². The number of carboxylic acids is 1. The Hall–Kier alpha value is -1.53. The van der Waals surface area contributed by atoms with E-state index in [0.717, 1.165) is 0 Å². The second-order valence-electron chi connectivity index (χ2n) is 2.90. The van der Waals surface area contributed by atoms with E-state index in [1.807, 2.05) is 6.07 Å². The molecule has 3 nitrogen and oxygen atoms in total. The average molecular weight is 210 g/mol. The topological polar surface area (TPSA) is 61.1 Å². The van der Waals surface area contributed by atoms with E-state index < -0.39 is 11.9 Å². The highest BCUT2D eigenvalue weighted by molar-refractivity contribution is 6.30. The van der Waals surface area contributed by atoms with Gasteiger partial charge in [0.1, 0.15) is 0 Å². The molecule has 1 atom stereocenters. The molecular weight excluding hydrogens is 202 g/mol. The summed E-state index contributed by atoms with van der Waals surface area (Å²) >= 11 is 5.72. The van der Waals surface area contributed by atoms with Crippen LogP contribution in [-0.4, -0.2) is 11.1 Å². The molecular formula is C10H8ClNO2. The van der Waals surface area contributed by atoms with Crippen LogP contribution in [-0.2, 0) is 4.79 Å². The average Bonchev–Trinajstić information content (AvgIpc) is 2.16. The van der Waals surface area contributed by atoms with Crippen molar-refractivity contribution in [3.8, 4) is 6.07 Å². The molecule has 1 aromatic carbocycles. The smallest absolute Gasteiger partial charge is 0.310 e. The van der Waals surface area contributed by atoms with Crippen LogP contribution in [0.15, 0.2) is 18.2 Å². The molecule has 0 fully saturated rings. The van der Waals surface area contributed by atoms with E-state index in [2.05, 4.69) is 0 Å². The lowest BCUT2D eigenvalue weighted by Gasteiger charge is -2.08. The molecule has 1 aromatic rings. The molecule has 0 aliphatic heterocycles. The lowest BCUT2D eigenvalue weighted by atomic mass is 9.96. The SMILES string of the molecule is CC(C(=O)O)c1cc(Cl)ccc1C#N. The molecule has 0 aromatic heterocycles. The fourth-order valence-electron chi connectivity index (χ4n) is 1.13. The molecule has 0 spiro atoms. The quantitative estimate of drug-likeness (QED) is 0.814. The standard InChI is InChI=1S/C10H8ClNO2/c1-6(10(13)14)9-4-8(11)3-2-7(9)5-12/h2-4,6H,1H3,(H,13,14). The van der Waals surface area contributed by atoms with E-state index >= 15 is 0 Å². The third-order valence-electron chi connectivity index (χ3n) is 1.97. The second kappa shape index (κ2) is 4.12. The first-order chi connectivity index (χ1) is 6.56. The van der Waals surface area contributed by atoms with Crippen LogP contribution in [0.25, 0.3) is 0 Å². The molecule has 1 unspecified atom stereocenters. The highest BCUT2D eigenvalue weighted by atomic mass is 35.5. The number of nitriles is 1. The minimum Gasteiger partial charge on any atom is -0.481 e. The van der Waals surface area contributed by atoms with Crippen molar-refractivity contribution in [2.75, 3.05) is 0 Å². The van der Waals surface area contributed by atoms with Gasteiger partial charge in [-0.3, -0.25) is 4.79 Å². The van der Waals surface area contributed by atoms with Gasteiger partial charge < -0.3 is 5.11 Å². The van der Waals surface area contributed by atoms with Crippen LogP contribution in [0, 0.1) is 11.3 Å². The van der Waals surface area contributed by atoms with Crippen LogP contribution in [0.5, 0.6) is 0 Å². The molecule has 0 heterocycles. The van der Waals surface area contributed by atoms with E-state index in [1.54, 1.807) is 6.07 Å². The predicted octanol–water partition coefficient (Wildman–Crippen LogP) is 2.40. The first-order valence-electron chi connectivity index (χ1n) is 3.98. The Morgan fingerprint density at radius 3 is 2.79 bits per heavy atom. The van der Waals surface area contributed by atoms with Crippen molar-refractivity contribution >= 4 is 17.6 Å². The Bertz CT molecular complexity index is 409. The summed E-state index contributed by atoms with van der Waals surface area (Å²) in [7, 11) is 0. The van der Waals surface area contributed by atoms with Crippen LogP contribution < -0.4 is 0 Å². The van der Waals surface area contributed by atoms with Crippen molar-refractivity contribution in [3.05, 3.63) is 34.3 Å². The monoisotopic (exact) mass is 209 g/mol. The van der Waals surface area contributed by atoms with Crippen LogP contribution in [0.3, 0.4) is 0 Å². The number of hydrogen-bond donors (Lipinski definition) is 1. The number of halogens is 1. The van der Waals surface area contributed by atoms with Gasteiger partial charge in [-0.25, -0.2) is 0 Å². The molecule has 0 aliphatic carbocycles. The van der Waals surface area contributed by atoms with Crippen molar-refractivity contribution in [2.24, 2.45) is 0 Å². The van der Waals surface area contributed by atoms with Gasteiger partial charge in [0.25, 0.3) is 0 Å². The van der Waals surface area contributed by atoms with Crippen molar-refractivity contribution in [1.82, 2.24) is 0 Å². The number of carboxylic acid groups (broad SMARTS) is 1. The van der Waals surface area contributed by atoms with Crippen molar-refractivity contribution < 1.29 is 9.90 Å². The molecule has 0 bridgehead atoms. The molecule has 72 valence electrons. The van der Waals surface area contributed by atoms with Gasteiger partial charge in [0.15, 0.2) is 0 Å². The number of benzene rings is 1. The first kappa shape index (κ1) is 10.6. The summed E-state index contributed by atoms with van der Waals surface area (Å²) in [5.74, 6) is -1.69. The van der Waals surface area contributed by atoms with Gasteiger partial charge in [0.2, 0.25) is 0 Å². The number of carbonyl (C=O) groups is 1. The summed E-state index contributed by atoms with van der Waals surface area (Å²) in [5, 5.41) is 18.0. The van der Waals surface area contributed by atoms with Gasteiger partial charge in [0, 0.05) is 5.02 Å². The van der Waals surface area contributed by atoms with Crippen molar-refractivity contribution in [2.45, 2.75) is 12.8 Å². The minimum absolute atomic E-state index is 0.351. The van der Waals surface area contributed by atoms with Gasteiger partial charge in [-0.1, -0.05) is 11.6 Å². The Kier molecular flexibility index (Phi) is 3.10. The number of nitrogens with zero attached hydrogens (tertiary/aromatic N) is 1.